The lowest BCUT2D eigenvalue weighted by atomic mass is 10.1. The first-order valence-corrected chi connectivity index (χ1v) is 9.75. The highest BCUT2D eigenvalue weighted by Gasteiger charge is 2.01. The number of aliphatic hydroxyl groups excluding tert-OH is 2. The highest BCUT2D eigenvalue weighted by atomic mass is 16.3. The minimum Gasteiger partial charge on any atom is -0.396 e. The van der Waals surface area contributed by atoms with Crippen LogP contribution >= 0.6 is 0 Å². The smallest absolute Gasteiger partial charge is 0.0562 e. The molecule has 0 amide bonds. The standard InChI is InChI=1S/C20H40O2/c1-2-3-4-5-6-7-8-9-10-11-12-13-14-15-16-17-20(22)18-19-21/h9-10,20-22H,2-8,11-19H2,1H3/b10-9-. The van der Waals surface area contributed by atoms with Gasteiger partial charge in [0.1, 0.15) is 0 Å². The van der Waals surface area contributed by atoms with Crippen LogP contribution in [0.2, 0.25) is 0 Å². The molecular formula is C20H40O2. The van der Waals surface area contributed by atoms with Crippen LogP contribution in [-0.4, -0.2) is 22.9 Å². The van der Waals surface area contributed by atoms with Gasteiger partial charge in [0.15, 0.2) is 0 Å². The van der Waals surface area contributed by atoms with Crippen LogP contribution in [0.3, 0.4) is 0 Å². The molecule has 0 radical (unpaired) electrons. The molecule has 0 bridgehead atoms. The van der Waals surface area contributed by atoms with E-state index in [-0.39, 0.29) is 12.7 Å². The molecular weight excluding hydrogens is 272 g/mol. The Hall–Kier alpha value is -0.340. The van der Waals surface area contributed by atoms with E-state index in [1.807, 2.05) is 0 Å². The Morgan fingerprint density at radius 2 is 1.18 bits per heavy atom. The Balaban J connectivity index is 3.11. The summed E-state index contributed by atoms with van der Waals surface area (Å²) in [6.07, 6.45) is 22.8. The van der Waals surface area contributed by atoms with Gasteiger partial charge in [-0.3, -0.25) is 0 Å². The van der Waals surface area contributed by atoms with E-state index in [0.717, 1.165) is 12.8 Å². The van der Waals surface area contributed by atoms with E-state index in [2.05, 4.69) is 19.1 Å². The predicted molar refractivity (Wildman–Crippen MR) is 97.2 cm³/mol. The van der Waals surface area contributed by atoms with E-state index >= 15 is 0 Å². The van der Waals surface area contributed by atoms with Gasteiger partial charge in [-0.1, -0.05) is 76.9 Å². The molecule has 0 aromatic carbocycles. The lowest BCUT2D eigenvalue weighted by Gasteiger charge is -2.07. The van der Waals surface area contributed by atoms with Crippen molar-refractivity contribution in [1.82, 2.24) is 0 Å². The number of allylic oxidation sites excluding steroid dienone is 2. The SMILES string of the molecule is CCCCCCCC/C=C\CCCCCCCC(O)CCO. The van der Waals surface area contributed by atoms with Crippen LogP contribution < -0.4 is 0 Å². The lowest BCUT2D eigenvalue weighted by Crippen LogP contribution is -2.08. The minimum atomic E-state index is -0.296. The predicted octanol–water partition coefficient (Wildman–Crippen LogP) is 5.77. The summed E-state index contributed by atoms with van der Waals surface area (Å²) in [7, 11) is 0. The molecule has 2 nitrogen and oxygen atoms in total. The number of unbranched alkanes of at least 4 members (excludes halogenated alkanes) is 11. The fourth-order valence-electron chi connectivity index (χ4n) is 2.74. The van der Waals surface area contributed by atoms with E-state index in [4.69, 9.17) is 5.11 Å². The maximum Gasteiger partial charge on any atom is 0.0562 e. The van der Waals surface area contributed by atoms with Crippen LogP contribution in [0.4, 0.5) is 0 Å². The molecule has 0 saturated carbocycles. The number of hydrogen-bond acceptors (Lipinski definition) is 2. The average molecular weight is 313 g/mol. The fraction of sp³-hybridized carbons (Fsp3) is 0.900. The Labute approximate surface area is 139 Å². The molecule has 1 atom stereocenters. The second kappa shape index (κ2) is 18.7. The van der Waals surface area contributed by atoms with Gasteiger partial charge in [-0.2, -0.15) is 0 Å². The van der Waals surface area contributed by atoms with Gasteiger partial charge in [0.2, 0.25) is 0 Å². The van der Waals surface area contributed by atoms with Crippen molar-refractivity contribution in [3.8, 4) is 0 Å². The van der Waals surface area contributed by atoms with Crippen LogP contribution in [0.1, 0.15) is 103 Å². The van der Waals surface area contributed by atoms with Crippen molar-refractivity contribution >= 4 is 0 Å². The summed E-state index contributed by atoms with van der Waals surface area (Å²) in [5, 5.41) is 18.2. The van der Waals surface area contributed by atoms with Gasteiger partial charge in [0, 0.05) is 6.61 Å². The van der Waals surface area contributed by atoms with Gasteiger partial charge >= 0.3 is 0 Å². The Morgan fingerprint density at radius 1 is 0.682 bits per heavy atom. The lowest BCUT2D eigenvalue weighted by molar-refractivity contribution is 0.122. The van der Waals surface area contributed by atoms with Gasteiger partial charge < -0.3 is 10.2 Å². The van der Waals surface area contributed by atoms with Crippen LogP contribution in [-0.2, 0) is 0 Å². The van der Waals surface area contributed by atoms with Gasteiger partial charge in [-0.15, -0.1) is 0 Å². The van der Waals surface area contributed by atoms with Crippen molar-refractivity contribution in [2.75, 3.05) is 6.61 Å². The van der Waals surface area contributed by atoms with Crippen LogP contribution in [0.25, 0.3) is 0 Å². The van der Waals surface area contributed by atoms with E-state index in [9.17, 15) is 5.11 Å². The van der Waals surface area contributed by atoms with Crippen molar-refractivity contribution in [2.24, 2.45) is 0 Å². The third kappa shape index (κ3) is 17.7. The van der Waals surface area contributed by atoms with Crippen LogP contribution in [0, 0.1) is 0 Å². The Morgan fingerprint density at radius 3 is 1.73 bits per heavy atom. The summed E-state index contributed by atoms with van der Waals surface area (Å²) in [6, 6.07) is 0. The van der Waals surface area contributed by atoms with Gasteiger partial charge in [0.25, 0.3) is 0 Å². The maximum absolute atomic E-state index is 9.48. The quantitative estimate of drug-likeness (QED) is 0.264. The van der Waals surface area contributed by atoms with Gasteiger partial charge in [-0.05, 0) is 38.5 Å². The highest BCUT2D eigenvalue weighted by Crippen LogP contribution is 2.11. The molecule has 0 fully saturated rings. The van der Waals surface area contributed by atoms with Crippen LogP contribution in [0.5, 0.6) is 0 Å². The summed E-state index contributed by atoms with van der Waals surface area (Å²) < 4.78 is 0. The van der Waals surface area contributed by atoms with E-state index in [0.29, 0.717) is 6.42 Å². The van der Waals surface area contributed by atoms with Crippen molar-refractivity contribution < 1.29 is 10.2 Å². The van der Waals surface area contributed by atoms with E-state index in [1.54, 1.807) is 0 Å². The Kier molecular flexibility index (Phi) is 18.4. The molecule has 2 N–H and O–H groups in total. The molecule has 0 aromatic rings. The van der Waals surface area contributed by atoms with Crippen molar-refractivity contribution in [3.05, 3.63) is 12.2 Å². The van der Waals surface area contributed by atoms with Crippen molar-refractivity contribution in [3.63, 3.8) is 0 Å². The first-order chi connectivity index (χ1) is 10.8. The number of rotatable bonds is 17. The minimum absolute atomic E-state index is 0.103. The average Bonchev–Trinajstić information content (AvgIpc) is 2.51. The second-order valence-electron chi connectivity index (χ2n) is 6.54. The van der Waals surface area contributed by atoms with E-state index < -0.39 is 0 Å². The molecule has 0 aliphatic rings. The number of aliphatic hydroxyl groups is 2. The van der Waals surface area contributed by atoms with E-state index in [1.165, 1.54) is 77.0 Å². The fourth-order valence-corrected chi connectivity index (χ4v) is 2.74. The molecule has 2 heteroatoms. The molecule has 0 heterocycles. The summed E-state index contributed by atoms with van der Waals surface area (Å²) in [4.78, 5) is 0. The molecule has 0 spiro atoms. The van der Waals surface area contributed by atoms with Gasteiger partial charge in [-0.25, -0.2) is 0 Å². The summed E-state index contributed by atoms with van der Waals surface area (Å²) >= 11 is 0. The monoisotopic (exact) mass is 312 g/mol. The normalized spacial score (nSPS) is 13.0. The molecule has 0 rings (SSSR count). The maximum atomic E-state index is 9.48. The molecule has 0 saturated heterocycles. The molecule has 0 aliphatic carbocycles. The first-order valence-electron chi connectivity index (χ1n) is 9.75. The summed E-state index contributed by atoms with van der Waals surface area (Å²) in [5.41, 5.74) is 0. The topological polar surface area (TPSA) is 40.5 Å². The molecule has 22 heavy (non-hydrogen) atoms. The second-order valence-corrected chi connectivity index (χ2v) is 6.54. The zero-order valence-corrected chi connectivity index (χ0v) is 14.9. The van der Waals surface area contributed by atoms with Crippen molar-refractivity contribution in [2.45, 2.75) is 109 Å². The molecule has 1 unspecified atom stereocenters. The Bertz CT molecular complexity index is 226. The largest absolute Gasteiger partial charge is 0.396 e. The first kappa shape index (κ1) is 21.7. The summed E-state index contributed by atoms with van der Waals surface area (Å²) in [6.45, 7) is 2.37. The zero-order chi connectivity index (χ0) is 16.3. The third-order valence-electron chi connectivity index (χ3n) is 4.26. The van der Waals surface area contributed by atoms with Gasteiger partial charge in [0.05, 0.1) is 6.10 Å². The molecule has 132 valence electrons. The van der Waals surface area contributed by atoms with Crippen molar-refractivity contribution in [1.29, 1.82) is 0 Å². The summed E-state index contributed by atoms with van der Waals surface area (Å²) in [5.74, 6) is 0. The molecule has 0 aliphatic heterocycles. The zero-order valence-electron chi connectivity index (χ0n) is 14.9. The third-order valence-corrected chi connectivity index (χ3v) is 4.26. The molecule has 0 aromatic heterocycles. The highest BCUT2D eigenvalue weighted by molar-refractivity contribution is 4.81. The van der Waals surface area contributed by atoms with Crippen LogP contribution in [0.15, 0.2) is 12.2 Å². The number of hydrogen-bond donors (Lipinski definition) is 2.